The Morgan fingerprint density at radius 1 is 0.895 bits per heavy atom. The van der Waals surface area contributed by atoms with Crippen molar-refractivity contribution < 1.29 is 15.7 Å². The van der Waals surface area contributed by atoms with Crippen LogP contribution in [0.15, 0.2) is 0 Å². The minimum Gasteiger partial charge on any atom is -0.636 e. The first-order valence-electron chi connectivity index (χ1n) is 7.68. The van der Waals surface area contributed by atoms with Crippen molar-refractivity contribution in [1.82, 2.24) is 0 Å². The van der Waals surface area contributed by atoms with Gasteiger partial charge in [-0.15, -0.1) is 0 Å². The summed E-state index contributed by atoms with van der Waals surface area (Å²) in [5.41, 5.74) is 5.87. The largest absolute Gasteiger partial charge is 0.636 e. The third kappa shape index (κ3) is 27.1. The maximum Gasteiger partial charge on any atom is 0.202 e. The van der Waals surface area contributed by atoms with Crippen LogP contribution in [0.5, 0.6) is 0 Å². The molecule has 6 N–H and O–H groups in total. The molecule has 0 saturated carbocycles. The lowest BCUT2D eigenvalue weighted by atomic mass is 10.1. The fraction of sp³-hybridized carbons (Fsp3) is 1.00. The first-order chi connectivity index (χ1) is 9.18. The van der Waals surface area contributed by atoms with Gasteiger partial charge in [-0.05, 0) is 13.0 Å². The molecule has 0 spiro atoms. The number of unbranched alkanes of at least 4 members (excludes halogenated alkanes) is 9. The molecule has 19 heavy (non-hydrogen) atoms. The first-order valence-corrected chi connectivity index (χ1v) is 7.68. The van der Waals surface area contributed by atoms with E-state index in [4.69, 9.17) is 15.9 Å². The van der Waals surface area contributed by atoms with Crippen molar-refractivity contribution in [2.24, 2.45) is 5.73 Å². The minimum absolute atomic E-state index is 0.194. The topological polar surface area (TPSA) is 106 Å². The van der Waals surface area contributed by atoms with Crippen molar-refractivity contribution in [1.29, 1.82) is 0 Å². The summed E-state index contributed by atoms with van der Waals surface area (Å²) < 4.78 is 0. The van der Waals surface area contributed by atoms with E-state index < -0.39 is 6.29 Å². The summed E-state index contributed by atoms with van der Waals surface area (Å²) in [5, 5.41) is 25.0. The standard InChI is InChI=1S/C12H27N.C2H7NO3/c1-2-3-4-5-6-7-8-9-10-11-12-13;4-2(5)1-3-6/h2-13H2,1H3;2,4-5H,1,3H2. The van der Waals surface area contributed by atoms with Gasteiger partial charge in [0.1, 0.15) is 6.54 Å². The maximum absolute atomic E-state index is 9.30. The Hall–Kier alpha value is -0.200. The molecule has 0 radical (unpaired) electrons. The molecule has 0 aromatic carbocycles. The molecule has 118 valence electrons. The Labute approximate surface area is 118 Å². The highest BCUT2D eigenvalue weighted by atomic mass is 16.5. The van der Waals surface area contributed by atoms with Gasteiger partial charge in [-0.3, -0.25) is 0 Å². The van der Waals surface area contributed by atoms with Crippen molar-refractivity contribution >= 4 is 0 Å². The average molecular weight is 278 g/mol. The van der Waals surface area contributed by atoms with Crippen LogP contribution in [0.25, 0.3) is 0 Å². The van der Waals surface area contributed by atoms with Crippen LogP contribution in [0.1, 0.15) is 71.1 Å². The monoisotopic (exact) mass is 278 g/mol. The van der Waals surface area contributed by atoms with Crippen LogP contribution in [0.2, 0.25) is 0 Å². The lowest BCUT2D eigenvalue weighted by Gasteiger charge is -2.00. The number of quaternary nitrogens is 1. The zero-order valence-corrected chi connectivity index (χ0v) is 12.5. The molecule has 0 heterocycles. The summed E-state index contributed by atoms with van der Waals surface area (Å²) in [6.45, 7) is 2.95. The summed E-state index contributed by atoms with van der Waals surface area (Å²) in [5.74, 6) is 0. The van der Waals surface area contributed by atoms with Crippen molar-refractivity contribution in [3.05, 3.63) is 5.21 Å². The maximum atomic E-state index is 9.30. The smallest absolute Gasteiger partial charge is 0.202 e. The number of aliphatic hydroxyl groups is 2. The van der Waals surface area contributed by atoms with Gasteiger partial charge in [0.05, 0.1) is 0 Å². The predicted octanol–water partition coefficient (Wildman–Crippen LogP) is 1.22. The molecule has 0 atom stereocenters. The van der Waals surface area contributed by atoms with Crippen LogP contribution in [0, 0.1) is 5.21 Å². The van der Waals surface area contributed by atoms with Crippen LogP contribution < -0.4 is 11.2 Å². The second kappa shape index (κ2) is 20.1. The SMILES string of the molecule is CCCCCCCCCCCCN.[O-][NH2+]CC(O)O. The van der Waals surface area contributed by atoms with E-state index in [9.17, 15) is 5.21 Å². The van der Waals surface area contributed by atoms with Crippen LogP contribution in [-0.2, 0) is 0 Å². The van der Waals surface area contributed by atoms with E-state index >= 15 is 0 Å². The van der Waals surface area contributed by atoms with E-state index in [1.165, 1.54) is 64.2 Å². The number of nitrogens with two attached hydrogens (primary N) is 2. The van der Waals surface area contributed by atoms with Crippen molar-refractivity contribution in [2.75, 3.05) is 13.1 Å². The van der Waals surface area contributed by atoms with Gasteiger partial charge in [0, 0.05) is 0 Å². The number of hydrogen-bond donors (Lipinski definition) is 4. The fourth-order valence-corrected chi connectivity index (χ4v) is 1.72. The normalized spacial score (nSPS) is 10.4. The number of hydroxylamine groups is 1. The van der Waals surface area contributed by atoms with Gasteiger partial charge in [-0.1, -0.05) is 64.7 Å². The molecule has 0 bridgehead atoms. The highest BCUT2D eigenvalue weighted by molar-refractivity contribution is 4.47. The predicted molar refractivity (Wildman–Crippen MR) is 79.3 cm³/mol. The molecule has 0 fully saturated rings. The highest BCUT2D eigenvalue weighted by Gasteiger charge is 1.91. The van der Waals surface area contributed by atoms with Gasteiger partial charge in [0.2, 0.25) is 6.29 Å². The Bertz CT molecular complexity index is 137. The zero-order chi connectivity index (χ0) is 14.8. The van der Waals surface area contributed by atoms with Gasteiger partial charge < -0.3 is 26.6 Å². The van der Waals surface area contributed by atoms with Gasteiger partial charge in [0.25, 0.3) is 0 Å². The van der Waals surface area contributed by atoms with Gasteiger partial charge in [0.15, 0.2) is 0 Å². The molecule has 0 rings (SSSR count). The Morgan fingerprint density at radius 2 is 1.32 bits per heavy atom. The molecule has 0 unspecified atom stereocenters. The van der Waals surface area contributed by atoms with Crippen LogP contribution >= 0.6 is 0 Å². The number of hydrogen-bond acceptors (Lipinski definition) is 4. The van der Waals surface area contributed by atoms with Crippen LogP contribution in [0.4, 0.5) is 0 Å². The second-order valence-corrected chi connectivity index (χ2v) is 4.85. The Kier molecular flexibility index (Phi) is 22.4. The van der Waals surface area contributed by atoms with E-state index in [1.54, 1.807) is 0 Å². The summed E-state index contributed by atoms with van der Waals surface area (Å²) in [7, 11) is 0. The highest BCUT2D eigenvalue weighted by Crippen LogP contribution is 2.09. The van der Waals surface area contributed by atoms with Crippen LogP contribution in [-0.4, -0.2) is 29.6 Å². The molecule has 0 aromatic heterocycles. The van der Waals surface area contributed by atoms with Gasteiger partial charge in [-0.2, -0.15) is 0 Å². The molecule has 5 nitrogen and oxygen atoms in total. The van der Waals surface area contributed by atoms with Crippen molar-refractivity contribution in [3.8, 4) is 0 Å². The molecule has 0 amide bonds. The van der Waals surface area contributed by atoms with Crippen LogP contribution in [0.3, 0.4) is 0 Å². The van der Waals surface area contributed by atoms with Crippen molar-refractivity contribution in [2.45, 2.75) is 77.4 Å². The molecule has 0 aliphatic rings. The van der Waals surface area contributed by atoms with E-state index in [2.05, 4.69) is 6.92 Å². The Balaban J connectivity index is 0. The van der Waals surface area contributed by atoms with Gasteiger partial charge >= 0.3 is 0 Å². The zero-order valence-electron chi connectivity index (χ0n) is 12.5. The second-order valence-electron chi connectivity index (χ2n) is 4.85. The lowest BCUT2D eigenvalue weighted by molar-refractivity contribution is -0.604. The number of aliphatic hydroxyl groups excluding tert-OH is 1. The third-order valence-corrected chi connectivity index (χ3v) is 2.86. The molecular weight excluding hydrogens is 244 g/mol. The molecule has 5 heteroatoms. The summed E-state index contributed by atoms with van der Waals surface area (Å²) in [4.78, 5) is 0. The lowest BCUT2D eigenvalue weighted by Crippen LogP contribution is -2.79. The summed E-state index contributed by atoms with van der Waals surface area (Å²) in [6, 6.07) is 0. The van der Waals surface area contributed by atoms with Crippen molar-refractivity contribution in [3.63, 3.8) is 0 Å². The first kappa shape index (κ1) is 21.1. The van der Waals surface area contributed by atoms with E-state index in [-0.39, 0.29) is 6.54 Å². The van der Waals surface area contributed by atoms with Gasteiger partial charge in [-0.25, -0.2) is 0 Å². The molecule has 0 aliphatic carbocycles. The molecular formula is C14H34N2O3. The average Bonchev–Trinajstić information content (AvgIpc) is 2.37. The molecule has 0 saturated heterocycles. The third-order valence-electron chi connectivity index (χ3n) is 2.86. The molecule has 0 aromatic rings. The molecule has 0 aliphatic heterocycles. The fourth-order valence-electron chi connectivity index (χ4n) is 1.72. The summed E-state index contributed by atoms with van der Waals surface area (Å²) >= 11 is 0. The van der Waals surface area contributed by atoms with E-state index in [0.717, 1.165) is 6.54 Å². The van der Waals surface area contributed by atoms with E-state index in [1.807, 2.05) is 0 Å². The summed E-state index contributed by atoms with van der Waals surface area (Å²) in [6.07, 6.45) is 12.5. The number of rotatable bonds is 12. The van der Waals surface area contributed by atoms with E-state index in [0.29, 0.717) is 5.48 Å². The Morgan fingerprint density at radius 3 is 1.58 bits per heavy atom. The quantitative estimate of drug-likeness (QED) is 0.245. The minimum atomic E-state index is -1.47.